The van der Waals surface area contributed by atoms with Crippen LogP contribution >= 0.6 is 0 Å². The van der Waals surface area contributed by atoms with Crippen LogP contribution in [0.2, 0.25) is 0 Å². The summed E-state index contributed by atoms with van der Waals surface area (Å²) in [5.41, 5.74) is 2.21. The van der Waals surface area contributed by atoms with Crippen molar-refractivity contribution in [2.75, 3.05) is 7.05 Å². The molecule has 0 saturated heterocycles. The average Bonchev–Trinajstić information content (AvgIpc) is 3.41. The lowest BCUT2D eigenvalue weighted by molar-refractivity contribution is 0.302. The topological polar surface area (TPSA) is 93.5 Å². The molecule has 0 amide bonds. The molecule has 0 unspecified atom stereocenters. The van der Waals surface area contributed by atoms with Gasteiger partial charge < -0.3 is 9.15 Å². The number of ether oxygens (including phenoxy) is 1. The number of aromatic nitrogens is 1. The molecule has 1 aromatic heterocycles. The van der Waals surface area contributed by atoms with Crippen molar-refractivity contribution < 1.29 is 22.0 Å². The van der Waals surface area contributed by atoms with Gasteiger partial charge in [-0.2, -0.15) is 13.1 Å². The Hall–Kier alpha value is -2.75. The molecule has 32 heavy (non-hydrogen) atoms. The van der Waals surface area contributed by atoms with Gasteiger partial charge in [-0.15, -0.1) is 0 Å². The van der Waals surface area contributed by atoms with Crippen molar-refractivity contribution in [3.8, 4) is 16.9 Å². The third-order valence-electron chi connectivity index (χ3n) is 6.33. The predicted octanol–water partition coefficient (Wildman–Crippen LogP) is 3.46. The van der Waals surface area contributed by atoms with E-state index in [1.165, 1.54) is 13.1 Å². The summed E-state index contributed by atoms with van der Waals surface area (Å²) in [6.45, 7) is 0.188. The lowest BCUT2D eigenvalue weighted by atomic mass is 9.79. The average molecular weight is 458 g/mol. The van der Waals surface area contributed by atoms with Crippen molar-refractivity contribution in [2.45, 2.75) is 43.7 Å². The highest BCUT2D eigenvalue weighted by atomic mass is 32.2. The molecular formula is C23H24FN3O4S. The van der Waals surface area contributed by atoms with Crippen LogP contribution < -0.4 is 14.2 Å². The lowest BCUT2D eigenvalue weighted by Crippen LogP contribution is -2.41. The van der Waals surface area contributed by atoms with E-state index in [2.05, 4.69) is 9.44 Å². The highest BCUT2D eigenvalue weighted by molar-refractivity contribution is 7.87. The van der Waals surface area contributed by atoms with Crippen LogP contribution in [0.5, 0.6) is 5.75 Å². The summed E-state index contributed by atoms with van der Waals surface area (Å²) in [4.78, 5) is 4.70. The van der Waals surface area contributed by atoms with Gasteiger partial charge in [0.15, 0.2) is 0 Å². The van der Waals surface area contributed by atoms with Crippen LogP contribution in [0, 0.1) is 5.82 Å². The predicted molar refractivity (Wildman–Crippen MR) is 117 cm³/mol. The molecular weight excluding hydrogens is 433 g/mol. The Kier molecular flexibility index (Phi) is 5.27. The summed E-state index contributed by atoms with van der Waals surface area (Å²) in [7, 11) is -2.19. The molecule has 4 bridgehead atoms. The van der Waals surface area contributed by atoms with Gasteiger partial charge in [-0.1, -0.05) is 24.3 Å². The summed E-state index contributed by atoms with van der Waals surface area (Å²) < 4.78 is 55.8. The Morgan fingerprint density at radius 3 is 2.88 bits per heavy atom. The number of benzene rings is 2. The number of nitrogens with zero attached hydrogens (tertiary/aromatic N) is 1. The maximum absolute atomic E-state index is 14.8. The molecule has 1 spiro atoms. The fourth-order valence-electron chi connectivity index (χ4n) is 4.80. The molecule has 7 nitrogen and oxygen atoms in total. The zero-order chi connectivity index (χ0) is 22.3. The molecule has 5 rings (SSSR count). The number of halogens is 1. The van der Waals surface area contributed by atoms with Gasteiger partial charge in [-0.05, 0) is 49.4 Å². The minimum Gasteiger partial charge on any atom is -0.487 e. The van der Waals surface area contributed by atoms with Gasteiger partial charge >= 0.3 is 0 Å². The number of hydrogen-bond acceptors (Lipinski definition) is 5. The summed E-state index contributed by atoms with van der Waals surface area (Å²) in [6.07, 6.45) is 4.00. The molecule has 2 aliphatic rings. The second kappa shape index (κ2) is 7.99. The Labute approximate surface area is 186 Å². The van der Waals surface area contributed by atoms with E-state index in [0.29, 0.717) is 54.1 Å². The van der Waals surface area contributed by atoms with Crippen molar-refractivity contribution in [2.24, 2.45) is 0 Å². The van der Waals surface area contributed by atoms with Crippen LogP contribution in [0.3, 0.4) is 0 Å². The van der Waals surface area contributed by atoms with E-state index in [0.717, 1.165) is 5.56 Å². The first-order chi connectivity index (χ1) is 15.4. The first-order valence-corrected chi connectivity index (χ1v) is 12.0. The third kappa shape index (κ3) is 3.92. The number of nitrogens with one attached hydrogen (secondary N) is 2. The minimum atomic E-state index is -3.57. The largest absolute Gasteiger partial charge is 0.487 e. The molecule has 2 N–H and O–H groups in total. The molecule has 2 heterocycles. The van der Waals surface area contributed by atoms with Crippen molar-refractivity contribution in [1.82, 2.24) is 14.4 Å². The van der Waals surface area contributed by atoms with Crippen molar-refractivity contribution in [3.63, 3.8) is 0 Å². The number of rotatable bonds is 3. The van der Waals surface area contributed by atoms with Gasteiger partial charge in [-0.3, -0.25) is 0 Å². The van der Waals surface area contributed by atoms with Gasteiger partial charge in [0.1, 0.15) is 30.1 Å². The standard InChI is InChI=1S/C23H24FN3O4S/c1-25-32(28,29)27-16-8-9-23(12-16)11-15-6-7-20(24)19(10-15)18-4-2-3-5-21(18)30-13-17-14-31-22(23)26-17/h2-7,10,14,16,25,27H,8-9,11-13H2,1H3/t16-,23+/m0/s1. The maximum atomic E-state index is 14.8. The number of para-hydroxylation sites is 1. The van der Waals surface area contributed by atoms with Gasteiger partial charge in [0.25, 0.3) is 10.2 Å². The second-order valence-electron chi connectivity index (χ2n) is 8.47. The number of hydrogen-bond donors (Lipinski definition) is 2. The lowest BCUT2D eigenvalue weighted by Gasteiger charge is -2.27. The number of oxazole rings is 1. The van der Waals surface area contributed by atoms with Crippen LogP contribution in [0.1, 0.15) is 36.4 Å². The highest BCUT2D eigenvalue weighted by Gasteiger charge is 2.45. The molecule has 2 atom stereocenters. The van der Waals surface area contributed by atoms with Gasteiger partial charge in [0.2, 0.25) is 5.89 Å². The van der Waals surface area contributed by atoms with Crippen LogP contribution in [0.4, 0.5) is 4.39 Å². The van der Waals surface area contributed by atoms with Crippen LogP contribution in [-0.4, -0.2) is 26.5 Å². The quantitative estimate of drug-likeness (QED) is 0.628. The van der Waals surface area contributed by atoms with Gasteiger partial charge in [0, 0.05) is 24.2 Å². The van der Waals surface area contributed by atoms with Crippen LogP contribution in [0.25, 0.3) is 11.1 Å². The van der Waals surface area contributed by atoms with E-state index >= 15 is 0 Å². The molecule has 0 radical (unpaired) electrons. The zero-order valence-corrected chi connectivity index (χ0v) is 18.4. The van der Waals surface area contributed by atoms with Gasteiger partial charge in [-0.25, -0.2) is 14.1 Å². The van der Waals surface area contributed by atoms with Crippen molar-refractivity contribution in [1.29, 1.82) is 0 Å². The molecule has 1 fully saturated rings. The molecule has 1 aliphatic carbocycles. The number of fused-ring (bicyclic) bond motifs is 7. The Morgan fingerprint density at radius 2 is 2.03 bits per heavy atom. The Morgan fingerprint density at radius 1 is 1.19 bits per heavy atom. The van der Waals surface area contributed by atoms with Crippen molar-refractivity contribution in [3.05, 3.63) is 71.7 Å². The van der Waals surface area contributed by atoms with E-state index in [4.69, 9.17) is 14.1 Å². The van der Waals surface area contributed by atoms with E-state index in [9.17, 15) is 12.8 Å². The first kappa shape index (κ1) is 21.1. The fourth-order valence-corrected chi connectivity index (χ4v) is 5.56. The summed E-state index contributed by atoms with van der Waals surface area (Å²) in [5, 5.41) is 0. The highest BCUT2D eigenvalue weighted by Crippen LogP contribution is 2.45. The second-order valence-corrected chi connectivity index (χ2v) is 10.1. The van der Waals surface area contributed by atoms with E-state index in [-0.39, 0.29) is 18.5 Å². The fraction of sp³-hybridized carbons (Fsp3) is 0.348. The molecule has 168 valence electrons. The summed E-state index contributed by atoms with van der Waals surface area (Å²) in [6, 6.07) is 12.2. The SMILES string of the molecule is CNS(=O)(=O)N[C@H]1CC[C@@]2(Cc3ccc(F)c(c3)-c3ccccc3OCc3coc2n3)C1. The van der Waals surface area contributed by atoms with E-state index in [1.807, 2.05) is 30.3 Å². The van der Waals surface area contributed by atoms with Gasteiger partial charge in [0.05, 0.1) is 5.41 Å². The maximum Gasteiger partial charge on any atom is 0.276 e. The zero-order valence-electron chi connectivity index (χ0n) is 17.6. The normalized spacial score (nSPS) is 22.6. The first-order valence-electron chi connectivity index (χ1n) is 10.5. The minimum absolute atomic E-state index is 0.188. The summed E-state index contributed by atoms with van der Waals surface area (Å²) >= 11 is 0. The van der Waals surface area contributed by atoms with Crippen LogP contribution in [0.15, 0.2) is 53.1 Å². The summed E-state index contributed by atoms with van der Waals surface area (Å²) in [5.74, 6) is 0.811. The monoisotopic (exact) mass is 457 g/mol. The van der Waals surface area contributed by atoms with Crippen molar-refractivity contribution >= 4 is 10.2 Å². The van der Waals surface area contributed by atoms with Crippen LogP contribution in [-0.2, 0) is 28.7 Å². The molecule has 2 aromatic carbocycles. The Balaban J connectivity index is 1.58. The molecule has 1 aliphatic heterocycles. The van der Waals surface area contributed by atoms with E-state index < -0.39 is 15.6 Å². The smallest absolute Gasteiger partial charge is 0.276 e. The molecule has 1 saturated carbocycles. The van der Waals surface area contributed by atoms with E-state index in [1.54, 1.807) is 12.3 Å². The molecule has 3 aromatic rings. The molecule has 9 heteroatoms. The third-order valence-corrected chi connectivity index (χ3v) is 7.51. The Bertz CT molecular complexity index is 1260.